The maximum Gasteiger partial charge on any atom is 0.317 e. The van der Waals surface area contributed by atoms with E-state index in [9.17, 15) is 9.59 Å². The third-order valence-corrected chi connectivity index (χ3v) is 3.76. The second-order valence-electron chi connectivity index (χ2n) is 6.13. The summed E-state index contributed by atoms with van der Waals surface area (Å²) < 4.78 is 0. The van der Waals surface area contributed by atoms with Gasteiger partial charge in [-0.25, -0.2) is 4.79 Å². The predicted octanol–water partition coefficient (Wildman–Crippen LogP) is 1.04. The van der Waals surface area contributed by atoms with Crippen molar-refractivity contribution < 1.29 is 9.59 Å². The van der Waals surface area contributed by atoms with Crippen LogP contribution in [0.4, 0.5) is 4.79 Å². The van der Waals surface area contributed by atoms with E-state index >= 15 is 0 Å². The van der Waals surface area contributed by atoms with Gasteiger partial charge in [0.1, 0.15) is 0 Å². The lowest BCUT2D eigenvalue weighted by molar-refractivity contribution is -0.123. The molecule has 126 valence electrons. The lowest BCUT2D eigenvalue weighted by atomic mass is 10.2. The SMILES string of the molecule is CC(C)NC(=O)CN1CCN(C(=O)NCc2ccccc2)CC1. The van der Waals surface area contributed by atoms with Crippen molar-refractivity contribution in [2.75, 3.05) is 32.7 Å². The third-order valence-electron chi connectivity index (χ3n) is 3.76. The van der Waals surface area contributed by atoms with Gasteiger partial charge in [0.15, 0.2) is 0 Å². The van der Waals surface area contributed by atoms with Gasteiger partial charge in [-0.2, -0.15) is 0 Å². The van der Waals surface area contributed by atoms with Crippen LogP contribution in [-0.2, 0) is 11.3 Å². The molecule has 0 atom stereocenters. The van der Waals surface area contributed by atoms with Crippen LogP contribution in [0.25, 0.3) is 0 Å². The average Bonchev–Trinajstić information content (AvgIpc) is 2.53. The van der Waals surface area contributed by atoms with Gasteiger partial charge in [0.2, 0.25) is 5.91 Å². The molecule has 6 nitrogen and oxygen atoms in total. The highest BCUT2D eigenvalue weighted by Gasteiger charge is 2.22. The van der Waals surface area contributed by atoms with Crippen LogP contribution in [0.5, 0.6) is 0 Å². The minimum absolute atomic E-state index is 0.0415. The number of carbonyl (C=O) groups is 2. The maximum absolute atomic E-state index is 12.2. The maximum atomic E-state index is 12.2. The molecule has 2 N–H and O–H groups in total. The van der Waals surface area contributed by atoms with E-state index in [0.717, 1.165) is 18.7 Å². The molecule has 0 saturated carbocycles. The highest BCUT2D eigenvalue weighted by atomic mass is 16.2. The summed E-state index contributed by atoms with van der Waals surface area (Å²) in [4.78, 5) is 27.8. The summed E-state index contributed by atoms with van der Waals surface area (Å²) in [7, 11) is 0. The molecule has 6 heteroatoms. The van der Waals surface area contributed by atoms with Crippen molar-refractivity contribution in [1.29, 1.82) is 0 Å². The molecule has 0 radical (unpaired) electrons. The van der Waals surface area contributed by atoms with E-state index in [0.29, 0.717) is 26.2 Å². The molecule has 1 saturated heterocycles. The highest BCUT2D eigenvalue weighted by Crippen LogP contribution is 2.03. The lowest BCUT2D eigenvalue weighted by Gasteiger charge is -2.34. The fourth-order valence-electron chi connectivity index (χ4n) is 2.57. The minimum Gasteiger partial charge on any atom is -0.353 e. The van der Waals surface area contributed by atoms with Crippen LogP contribution >= 0.6 is 0 Å². The van der Waals surface area contributed by atoms with E-state index in [-0.39, 0.29) is 18.0 Å². The van der Waals surface area contributed by atoms with Gasteiger partial charge in [-0.15, -0.1) is 0 Å². The number of urea groups is 1. The zero-order chi connectivity index (χ0) is 16.7. The summed E-state index contributed by atoms with van der Waals surface area (Å²) in [6, 6.07) is 9.98. The van der Waals surface area contributed by atoms with Crippen molar-refractivity contribution in [3.8, 4) is 0 Å². The van der Waals surface area contributed by atoms with E-state index in [1.807, 2.05) is 44.2 Å². The Labute approximate surface area is 137 Å². The molecule has 0 unspecified atom stereocenters. The predicted molar refractivity (Wildman–Crippen MR) is 90.0 cm³/mol. The van der Waals surface area contributed by atoms with E-state index in [1.165, 1.54) is 0 Å². The summed E-state index contributed by atoms with van der Waals surface area (Å²) in [6.07, 6.45) is 0. The number of carbonyl (C=O) groups excluding carboxylic acids is 2. The second-order valence-corrected chi connectivity index (χ2v) is 6.13. The quantitative estimate of drug-likeness (QED) is 0.852. The number of nitrogens with one attached hydrogen (secondary N) is 2. The summed E-state index contributed by atoms with van der Waals surface area (Å²) in [5.41, 5.74) is 1.09. The molecular formula is C17H26N4O2. The number of amides is 3. The summed E-state index contributed by atoms with van der Waals surface area (Å²) in [5, 5.41) is 5.83. The van der Waals surface area contributed by atoms with E-state index in [4.69, 9.17) is 0 Å². The van der Waals surface area contributed by atoms with E-state index in [1.54, 1.807) is 4.90 Å². The van der Waals surface area contributed by atoms with Crippen LogP contribution < -0.4 is 10.6 Å². The zero-order valence-electron chi connectivity index (χ0n) is 13.9. The molecule has 3 amide bonds. The first-order valence-corrected chi connectivity index (χ1v) is 8.13. The Balaban J connectivity index is 1.69. The number of piperazine rings is 1. The van der Waals surface area contributed by atoms with E-state index in [2.05, 4.69) is 15.5 Å². The van der Waals surface area contributed by atoms with Crippen LogP contribution in [0, 0.1) is 0 Å². The Morgan fingerprint density at radius 1 is 1.09 bits per heavy atom. The van der Waals surface area contributed by atoms with E-state index < -0.39 is 0 Å². The van der Waals surface area contributed by atoms with Crippen LogP contribution in [0.15, 0.2) is 30.3 Å². The third kappa shape index (κ3) is 5.90. The highest BCUT2D eigenvalue weighted by molar-refractivity contribution is 5.78. The van der Waals surface area contributed by atoms with Gasteiger partial charge in [-0.1, -0.05) is 30.3 Å². The van der Waals surface area contributed by atoms with Gasteiger partial charge in [-0.3, -0.25) is 9.69 Å². The fraction of sp³-hybridized carbons (Fsp3) is 0.529. The van der Waals surface area contributed by atoms with Gasteiger partial charge in [0.25, 0.3) is 0 Å². The van der Waals surface area contributed by atoms with Crippen LogP contribution in [0.3, 0.4) is 0 Å². The summed E-state index contributed by atoms with van der Waals surface area (Å²) in [5.74, 6) is 0.0435. The molecule has 2 rings (SSSR count). The van der Waals surface area contributed by atoms with Crippen LogP contribution in [0.1, 0.15) is 19.4 Å². The Morgan fingerprint density at radius 2 is 1.74 bits per heavy atom. The van der Waals surface area contributed by atoms with Gasteiger partial charge < -0.3 is 15.5 Å². The Bertz CT molecular complexity index is 511. The molecule has 1 heterocycles. The monoisotopic (exact) mass is 318 g/mol. The first kappa shape index (κ1) is 17.3. The molecule has 23 heavy (non-hydrogen) atoms. The smallest absolute Gasteiger partial charge is 0.317 e. The standard InChI is InChI=1S/C17H26N4O2/c1-14(2)19-16(22)13-20-8-10-21(11-9-20)17(23)18-12-15-6-4-3-5-7-15/h3-7,14H,8-13H2,1-2H3,(H,18,23)(H,19,22). The van der Waals surface area contributed by atoms with Crippen LogP contribution in [0.2, 0.25) is 0 Å². The first-order valence-electron chi connectivity index (χ1n) is 8.13. The molecular weight excluding hydrogens is 292 g/mol. The molecule has 1 aromatic rings. The zero-order valence-corrected chi connectivity index (χ0v) is 13.9. The number of hydrogen-bond donors (Lipinski definition) is 2. The average molecular weight is 318 g/mol. The largest absolute Gasteiger partial charge is 0.353 e. The number of hydrogen-bond acceptors (Lipinski definition) is 3. The first-order chi connectivity index (χ1) is 11.0. The molecule has 0 aromatic heterocycles. The molecule has 1 aliphatic heterocycles. The molecule has 0 spiro atoms. The fourth-order valence-corrected chi connectivity index (χ4v) is 2.57. The molecule has 1 aromatic carbocycles. The normalized spacial score (nSPS) is 15.5. The lowest BCUT2D eigenvalue weighted by Crippen LogP contribution is -2.53. The Morgan fingerprint density at radius 3 is 2.35 bits per heavy atom. The summed E-state index contributed by atoms with van der Waals surface area (Å²) in [6.45, 7) is 7.59. The number of benzene rings is 1. The Kier molecular flexibility index (Phi) is 6.40. The Hall–Kier alpha value is -2.08. The van der Waals surface area contributed by atoms with Crippen molar-refractivity contribution in [2.45, 2.75) is 26.4 Å². The molecule has 1 aliphatic rings. The van der Waals surface area contributed by atoms with Gasteiger partial charge in [0.05, 0.1) is 6.54 Å². The van der Waals surface area contributed by atoms with Gasteiger partial charge in [0, 0.05) is 38.8 Å². The topological polar surface area (TPSA) is 64.7 Å². The van der Waals surface area contributed by atoms with Crippen LogP contribution in [-0.4, -0.2) is 60.5 Å². The van der Waals surface area contributed by atoms with Crippen molar-refractivity contribution >= 4 is 11.9 Å². The van der Waals surface area contributed by atoms with Gasteiger partial charge in [-0.05, 0) is 19.4 Å². The van der Waals surface area contributed by atoms with Crippen molar-refractivity contribution in [1.82, 2.24) is 20.4 Å². The van der Waals surface area contributed by atoms with Crippen molar-refractivity contribution in [2.24, 2.45) is 0 Å². The second kappa shape index (κ2) is 8.53. The van der Waals surface area contributed by atoms with Crippen molar-refractivity contribution in [3.63, 3.8) is 0 Å². The minimum atomic E-state index is -0.0415. The van der Waals surface area contributed by atoms with Gasteiger partial charge >= 0.3 is 6.03 Å². The molecule has 1 fully saturated rings. The number of rotatable bonds is 5. The summed E-state index contributed by atoms with van der Waals surface area (Å²) >= 11 is 0. The molecule has 0 bridgehead atoms. The molecule has 0 aliphatic carbocycles. The number of nitrogens with zero attached hydrogens (tertiary/aromatic N) is 2. The van der Waals surface area contributed by atoms with Crippen molar-refractivity contribution in [3.05, 3.63) is 35.9 Å².